The maximum absolute atomic E-state index is 12.4. The molecule has 0 amide bonds. The lowest BCUT2D eigenvalue weighted by atomic mass is 10.2. The Hall–Kier alpha value is -2.49. The highest BCUT2D eigenvalue weighted by molar-refractivity contribution is 9.10. The normalized spacial score (nSPS) is 11.1. The number of aryl methyl sites for hydroxylation is 1. The van der Waals surface area contributed by atoms with Crippen LogP contribution in [0.15, 0.2) is 33.3 Å². The van der Waals surface area contributed by atoms with Gasteiger partial charge >= 0.3 is 6.61 Å². The van der Waals surface area contributed by atoms with E-state index in [4.69, 9.17) is 9.15 Å². The first kappa shape index (κ1) is 16.4. The molecular weight excluding hydrogens is 390 g/mol. The van der Waals surface area contributed by atoms with Crippen LogP contribution in [0, 0.1) is 0 Å². The maximum atomic E-state index is 12.4. The predicted molar refractivity (Wildman–Crippen MR) is 82.8 cm³/mol. The molecule has 1 aromatic carbocycles. The molecule has 0 aliphatic carbocycles. The summed E-state index contributed by atoms with van der Waals surface area (Å²) in [4.78, 5) is 0. The summed E-state index contributed by atoms with van der Waals surface area (Å²) in [6.07, 6.45) is 1.75. The van der Waals surface area contributed by atoms with Crippen LogP contribution in [0.5, 0.6) is 11.5 Å². The number of hydrogen-bond acceptors (Lipinski definition) is 6. The molecule has 2 aromatic heterocycles. The Kier molecular flexibility index (Phi) is 4.47. The second kappa shape index (κ2) is 6.56. The molecule has 3 aromatic rings. The zero-order valence-electron chi connectivity index (χ0n) is 12.5. The lowest BCUT2D eigenvalue weighted by molar-refractivity contribution is -0.0512. The Morgan fingerprint density at radius 1 is 1.21 bits per heavy atom. The third kappa shape index (κ3) is 3.23. The van der Waals surface area contributed by atoms with E-state index >= 15 is 0 Å². The highest BCUT2D eigenvalue weighted by atomic mass is 79.9. The molecule has 7 nitrogen and oxygen atoms in total. The highest BCUT2D eigenvalue weighted by Gasteiger charge is 2.18. The molecule has 2 heterocycles. The number of aromatic nitrogens is 4. The van der Waals surface area contributed by atoms with Gasteiger partial charge < -0.3 is 13.9 Å². The molecule has 24 heavy (non-hydrogen) atoms. The summed E-state index contributed by atoms with van der Waals surface area (Å²) in [5.41, 5.74) is 1.00. The van der Waals surface area contributed by atoms with E-state index in [2.05, 4.69) is 36.0 Å². The molecule has 0 aliphatic heterocycles. The third-order valence-corrected chi connectivity index (χ3v) is 3.62. The molecule has 0 spiro atoms. The van der Waals surface area contributed by atoms with Gasteiger partial charge in [0.1, 0.15) is 0 Å². The van der Waals surface area contributed by atoms with Gasteiger partial charge in [-0.25, -0.2) is 0 Å². The van der Waals surface area contributed by atoms with Gasteiger partial charge in [-0.1, -0.05) is 0 Å². The van der Waals surface area contributed by atoms with Crippen molar-refractivity contribution in [3.05, 3.63) is 28.9 Å². The fourth-order valence-corrected chi connectivity index (χ4v) is 2.58. The number of nitrogens with zero attached hydrogens (tertiary/aromatic N) is 4. The highest BCUT2D eigenvalue weighted by Crippen LogP contribution is 2.34. The van der Waals surface area contributed by atoms with Crippen LogP contribution in [0.25, 0.3) is 23.0 Å². The monoisotopic (exact) mass is 400 g/mol. The van der Waals surface area contributed by atoms with Crippen molar-refractivity contribution >= 4 is 15.9 Å². The van der Waals surface area contributed by atoms with E-state index in [9.17, 15) is 8.78 Å². The third-order valence-electron chi connectivity index (χ3n) is 3.04. The predicted octanol–water partition coefficient (Wildman–Crippen LogP) is 3.51. The summed E-state index contributed by atoms with van der Waals surface area (Å²) in [6, 6.07) is 4.34. The molecule has 0 radical (unpaired) electrons. The van der Waals surface area contributed by atoms with Gasteiger partial charge in [0.25, 0.3) is 5.89 Å². The van der Waals surface area contributed by atoms with Gasteiger partial charge in [0.2, 0.25) is 5.89 Å². The number of rotatable bonds is 5. The lowest BCUT2D eigenvalue weighted by Gasteiger charge is -2.10. The molecule has 10 heteroatoms. The maximum Gasteiger partial charge on any atom is 0.387 e. The largest absolute Gasteiger partial charge is 0.493 e. The number of alkyl halides is 2. The average molecular weight is 401 g/mol. The quantitative estimate of drug-likeness (QED) is 0.652. The van der Waals surface area contributed by atoms with Gasteiger partial charge in [-0.15, -0.1) is 10.2 Å². The molecule has 0 N–H and O–H groups in total. The lowest BCUT2D eigenvalue weighted by Crippen LogP contribution is -2.03. The van der Waals surface area contributed by atoms with Crippen LogP contribution in [0.2, 0.25) is 0 Å². The number of hydrogen-bond donors (Lipinski definition) is 0. The van der Waals surface area contributed by atoms with Crippen LogP contribution in [0.4, 0.5) is 8.78 Å². The number of benzene rings is 1. The van der Waals surface area contributed by atoms with E-state index in [0.717, 1.165) is 0 Å². The van der Waals surface area contributed by atoms with Gasteiger partial charge in [-0.3, -0.25) is 4.68 Å². The van der Waals surface area contributed by atoms with Crippen molar-refractivity contribution in [1.29, 1.82) is 0 Å². The second-order valence-corrected chi connectivity index (χ2v) is 5.51. The Labute approximate surface area is 143 Å². The Morgan fingerprint density at radius 2 is 1.96 bits per heavy atom. The molecule has 0 aliphatic rings. The fraction of sp³-hybridized carbons (Fsp3) is 0.214. The smallest absolute Gasteiger partial charge is 0.387 e. The van der Waals surface area contributed by atoms with Crippen molar-refractivity contribution < 1.29 is 22.7 Å². The van der Waals surface area contributed by atoms with E-state index in [1.165, 1.54) is 25.3 Å². The van der Waals surface area contributed by atoms with Crippen LogP contribution in [-0.2, 0) is 7.05 Å². The molecule has 0 atom stereocenters. The minimum atomic E-state index is -2.94. The minimum Gasteiger partial charge on any atom is -0.493 e. The average Bonchev–Trinajstić information content (AvgIpc) is 3.13. The first-order valence-corrected chi connectivity index (χ1v) is 7.43. The minimum absolute atomic E-state index is 0.0801. The van der Waals surface area contributed by atoms with Gasteiger partial charge in [0.15, 0.2) is 17.2 Å². The standard InChI is InChI=1S/C14H11BrF2N4O3/c1-21-6-8(15)11(20-21)13-19-18-12(24-13)7-3-4-9(23-14(16)17)10(5-7)22-2/h3-6,14H,1-2H3. The van der Waals surface area contributed by atoms with Gasteiger partial charge in [-0.2, -0.15) is 13.9 Å². The van der Waals surface area contributed by atoms with Crippen molar-refractivity contribution in [2.75, 3.05) is 7.11 Å². The Bertz CT molecular complexity index is 866. The Balaban J connectivity index is 1.94. The fourth-order valence-electron chi connectivity index (χ4n) is 2.03. The molecule has 126 valence electrons. The summed E-state index contributed by atoms with van der Waals surface area (Å²) in [5, 5.41) is 12.1. The molecular formula is C14H11BrF2N4O3. The van der Waals surface area contributed by atoms with Crippen molar-refractivity contribution in [3.8, 4) is 34.5 Å². The number of halogens is 3. The van der Waals surface area contributed by atoms with E-state index in [0.29, 0.717) is 15.7 Å². The van der Waals surface area contributed by atoms with E-state index < -0.39 is 6.61 Å². The summed E-state index contributed by atoms with van der Waals surface area (Å²) < 4.78 is 42.1. The van der Waals surface area contributed by atoms with Gasteiger partial charge in [0, 0.05) is 18.8 Å². The van der Waals surface area contributed by atoms with Gasteiger partial charge in [0.05, 0.1) is 11.6 Å². The first-order valence-electron chi connectivity index (χ1n) is 6.64. The van der Waals surface area contributed by atoms with Crippen LogP contribution in [0.1, 0.15) is 0 Å². The van der Waals surface area contributed by atoms with Crippen LogP contribution < -0.4 is 9.47 Å². The summed E-state index contributed by atoms with van der Waals surface area (Å²) >= 11 is 3.36. The topological polar surface area (TPSA) is 75.2 Å². The zero-order chi connectivity index (χ0) is 17.3. The Morgan fingerprint density at radius 3 is 2.58 bits per heavy atom. The molecule has 0 fully saturated rings. The summed E-state index contributed by atoms with van der Waals surface area (Å²) in [6.45, 7) is -2.94. The molecule has 0 bridgehead atoms. The number of ether oxygens (including phenoxy) is 2. The van der Waals surface area contributed by atoms with Crippen molar-refractivity contribution in [1.82, 2.24) is 20.0 Å². The summed E-state index contributed by atoms with van der Waals surface area (Å²) in [5.74, 6) is 0.476. The van der Waals surface area contributed by atoms with Crippen LogP contribution in [0.3, 0.4) is 0 Å². The summed E-state index contributed by atoms with van der Waals surface area (Å²) in [7, 11) is 3.11. The first-order chi connectivity index (χ1) is 11.5. The van der Waals surface area contributed by atoms with Crippen molar-refractivity contribution in [3.63, 3.8) is 0 Å². The van der Waals surface area contributed by atoms with Crippen molar-refractivity contribution in [2.45, 2.75) is 6.61 Å². The van der Waals surface area contributed by atoms with Crippen LogP contribution in [-0.4, -0.2) is 33.7 Å². The number of methoxy groups -OCH3 is 1. The van der Waals surface area contributed by atoms with E-state index in [1.54, 1.807) is 17.9 Å². The van der Waals surface area contributed by atoms with Crippen molar-refractivity contribution in [2.24, 2.45) is 7.05 Å². The molecule has 0 saturated carbocycles. The molecule has 3 rings (SSSR count). The van der Waals surface area contributed by atoms with Gasteiger partial charge in [-0.05, 0) is 34.1 Å². The zero-order valence-corrected chi connectivity index (χ0v) is 14.1. The van der Waals surface area contributed by atoms with E-state index in [1.807, 2.05) is 0 Å². The second-order valence-electron chi connectivity index (χ2n) is 4.66. The van der Waals surface area contributed by atoms with Crippen LogP contribution >= 0.6 is 15.9 Å². The molecule has 0 saturated heterocycles. The van der Waals surface area contributed by atoms with E-state index in [-0.39, 0.29) is 23.3 Å². The SMILES string of the molecule is COc1cc(-c2nnc(-c3nn(C)cc3Br)o2)ccc1OC(F)F. The molecule has 0 unspecified atom stereocenters.